The molecule has 1 amide bonds. The second kappa shape index (κ2) is 4.85. The van der Waals surface area contributed by atoms with Crippen LogP contribution in [0.2, 0.25) is 0 Å². The van der Waals surface area contributed by atoms with Crippen LogP contribution in [-0.2, 0) is 22.6 Å². The van der Waals surface area contributed by atoms with E-state index >= 15 is 0 Å². The molecule has 1 heterocycles. The van der Waals surface area contributed by atoms with E-state index in [4.69, 9.17) is 4.74 Å². The van der Waals surface area contributed by atoms with Crippen LogP contribution in [0.3, 0.4) is 0 Å². The molecule has 1 aromatic carbocycles. The predicted octanol–water partition coefficient (Wildman–Crippen LogP) is 2.05. The molecule has 1 N–H and O–H groups in total. The molecule has 1 fully saturated rings. The van der Waals surface area contributed by atoms with E-state index in [1.807, 2.05) is 11.0 Å². The third kappa shape index (κ3) is 2.32. The summed E-state index contributed by atoms with van der Waals surface area (Å²) < 4.78 is 5.33. The van der Waals surface area contributed by atoms with Crippen molar-refractivity contribution in [3.05, 3.63) is 29.3 Å². The Hall–Kier alpha value is -1.55. The van der Waals surface area contributed by atoms with Crippen LogP contribution in [0.25, 0.3) is 0 Å². The lowest BCUT2D eigenvalue weighted by Crippen LogP contribution is -2.31. The van der Waals surface area contributed by atoms with E-state index in [1.54, 1.807) is 19.2 Å². The van der Waals surface area contributed by atoms with E-state index in [1.165, 1.54) is 0 Å². The van der Waals surface area contributed by atoms with Gasteiger partial charge in [0.15, 0.2) is 0 Å². The Balaban J connectivity index is 1.68. The number of carbonyl (C=O) groups is 1. The van der Waals surface area contributed by atoms with Crippen LogP contribution in [-0.4, -0.2) is 29.1 Å². The van der Waals surface area contributed by atoms with E-state index in [0.717, 1.165) is 30.4 Å². The van der Waals surface area contributed by atoms with E-state index < -0.39 is 0 Å². The largest absolute Gasteiger partial charge is 0.508 e. The predicted molar refractivity (Wildman–Crippen MR) is 70.5 cm³/mol. The second-order valence-corrected chi connectivity index (χ2v) is 5.51. The summed E-state index contributed by atoms with van der Waals surface area (Å²) in [5.74, 6) is 0.608. The van der Waals surface area contributed by atoms with Gasteiger partial charge in [-0.2, -0.15) is 0 Å². The standard InChI is InChI=1S/C15H19NO3/c1-19-14-5-3-10(7-14)15(18)16-8-11-2-4-13(17)6-12(11)9-16/h2,4,6,10,14,17H,3,5,7-9H2,1H3. The first-order chi connectivity index (χ1) is 9.17. The molecule has 1 aliphatic heterocycles. The Labute approximate surface area is 113 Å². The first-order valence-electron chi connectivity index (χ1n) is 6.79. The molecule has 102 valence electrons. The quantitative estimate of drug-likeness (QED) is 0.886. The van der Waals surface area contributed by atoms with Crippen LogP contribution < -0.4 is 0 Å². The zero-order valence-electron chi connectivity index (χ0n) is 11.1. The molecular weight excluding hydrogens is 242 g/mol. The number of amides is 1. The molecule has 3 rings (SSSR count). The van der Waals surface area contributed by atoms with Crippen molar-refractivity contribution in [2.24, 2.45) is 5.92 Å². The molecule has 4 nitrogen and oxygen atoms in total. The Morgan fingerprint density at radius 3 is 2.84 bits per heavy atom. The van der Waals surface area contributed by atoms with Crippen LogP contribution in [0, 0.1) is 5.92 Å². The SMILES string of the molecule is COC1CCC(C(=O)N2Cc3ccc(O)cc3C2)C1. The Morgan fingerprint density at radius 1 is 1.32 bits per heavy atom. The van der Waals surface area contributed by atoms with E-state index in [9.17, 15) is 9.90 Å². The fraction of sp³-hybridized carbons (Fsp3) is 0.533. The molecule has 19 heavy (non-hydrogen) atoms. The molecule has 0 aromatic heterocycles. The van der Waals surface area contributed by atoms with Crippen molar-refractivity contribution in [2.45, 2.75) is 38.5 Å². The van der Waals surface area contributed by atoms with Crippen molar-refractivity contribution in [3.63, 3.8) is 0 Å². The van der Waals surface area contributed by atoms with E-state index in [-0.39, 0.29) is 23.7 Å². The average Bonchev–Trinajstić information content (AvgIpc) is 3.03. The number of carbonyl (C=O) groups excluding carboxylic acids is 1. The summed E-state index contributed by atoms with van der Waals surface area (Å²) in [5, 5.41) is 9.48. The minimum Gasteiger partial charge on any atom is -0.508 e. The van der Waals surface area contributed by atoms with Gasteiger partial charge in [-0.1, -0.05) is 6.07 Å². The molecule has 0 bridgehead atoms. The molecule has 1 saturated carbocycles. The molecule has 1 aromatic rings. The monoisotopic (exact) mass is 261 g/mol. The van der Waals surface area contributed by atoms with E-state index in [2.05, 4.69) is 0 Å². The molecule has 2 aliphatic rings. The molecule has 0 saturated heterocycles. The van der Waals surface area contributed by atoms with Gasteiger partial charge in [0.1, 0.15) is 5.75 Å². The van der Waals surface area contributed by atoms with Crippen LogP contribution in [0.15, 0.2) is 18.2 Å². The lowest BCUT2D eigenvalue weighted by atomic mass is 10.1. The van der Waals surface area contributed by atoms with Crippen molar-refractivity contribution in [1.29, 1.82) is 0 Å². The van der Waals surface area contributed by atoms with Gasteiger partial charge in [0.2, 0.25) is 5.91 Å². The van der Waals surface area contributed by atoms with Gasteiger partial charge >= 0.3 is 0 Å². The lowest BCUT2D eigenvalue weighted by molar-refractivity contribution is -0.136. The number of fused-ring (bicyclic) bond motifs is 1. The molecule has 0 radical (unpaired) electrons. The van der Waals surface area contributed by atoms with Gasteiger partial charge in [-0.15, -0.1) is 0 Å². The van der Waals surface area contributed by atoms with Crippen molar-refractivity contribution in [3.8, 4) is 5.75 Å². The Kier molecular flexibility index (Phi) is 3.19. The third-order valence-electron chi connectivity index (χ3n) is 4.29. The number of nitrogens with zero attached hydrogens (tertiary/aromatic N) is 1. The topological polar surface area (TPSA) is 49.8 Å². The van der Waals surface area contributed by atoms with Crippen molar-refractivity contribution < 1.29 is 14.6 Å². The minimum absolute atomic E-state index is 0.104. The highest BCUT2D eigenvalue weighted by atomic mass is 16.5. The van der Waals surface area contributed by atoms with Gasteiger partial charge in [-0.3, -0.25) is 4.79 Å². The zero-order valence-corrected chi connectivity index (χ0v) is 11.1. The molecular formula is C15H19NO3. The Bertz CT molecular complexity index is 500. The maximum atomic E-state index is 12.5. The summed E-state index contributed by atoms with van der Waals surface area (Å²) in [4.78, 5) is 14.4. The second-order valence-electron chi connectivity index (χ2n) is 5.51. The average molecular weight is 261 g/mol. The van der Waals surface area contributed by atoms with Gasteiger partial charge in [0, 0.05) is 26.1 Å². The van der Waals surface area contributed by atoms with Gasteiger partial charge in [-0.05, 0) is 42.5 Å². The summed E-state index contributed by atoms with van der Waals surface area (Å²) in [6.45, 7) is 1.29. The number of rotatable bonds is 2. The number of methoxy groups -OCH3 is 1. The number of hydrogen-bond acceptors (Lipinski definition) is 3. The maximum absolute atomic E-state index is 12.5. The molecule has 2 unspecified atom stereocenters. The minimum atomic E-state index is 0.104. The number of ether oxygens (including phenoxy) is 1. The van der Waals surface area contributed by atoms with Crippen LogP contribution in [0.1, 0.15) is 30.4 Å². The highest BCUT2D eigenvalue weighted by Gasteiger charge is 2.34. The summed E-state index contributed by atoms with van der Waals surface area (Å²) in [6, 6.07) is 5.35. The normalized spacial score (nSPS) is 25.6. The highest BCUT2D eigenvalue weighted by Crippen LogP contribution is 2.33. The van der Waals surface area contributed by atoms with Crippen LogP contribution >= 0.6 is 0 Å². The first-order valence-corrected chi connectivity index (χ1v) is 6.79. The molecule has 4 heteroatoms. The number of phenolic OH excluding ortho intramolecular Hbond substituents is 1. The fourth-order valence-corrected chi connectivity index (χ4v) is 3.17. The van der Waals surface area contributed by atoms with Gasteiger partial charge in [0.25, 0.3) is 0 Å². The number of aromatic hydroxyl groups is 1. The van der Waals surface area contributed by atoms with E-state index in [0.29, 0.717) is 13.1 Å². The van der Waals surface area contributed by atoms with Crippen LogP contribution in [0.4, 0.5) is 0 Å². The molecule has 2 atom stereocenters. The van der Waals surface area contributed by atoms with Gasteiger partial charge in [0.05, 0.1) is 6.10 Å². The van der Waals surface area contributed by atoms with Gasteiger partial charge in [-0.25, -0.2) is 0 Å². The van der Waals surface area contributed by atoms with Crippen LogP contribution in [0.5, 0.6) is 5.75 Å². The highest BCUT2D eigenvalue weighted by molar-refractivity contribution is 5.80. The summed E-state index contributed by atoms with van der Waals surface area (Å²) >= 11 is 0. The summed E-state index contributed by atoms with van der Waals surface area (Å²) in [5.41, 5.74) is 2.21. The van der Waals surface area contributed by atoms with Gasteiger partial charge < -0.3 is 14.7 Å². The number of benzene rings is 1. The first kappa shape index (κ1) is 12.5. The smallest absolute Gasteiger partial charge is 0.226 e. The Morgan fingerprint density at radius 2 is 2.11 bits per heavy atom. The lowest BCUT2D eigenvalue weighted by Gasteiger charge is -2.20. The van der Waals surface area contributed by atoms with Crippen molar-refractivity contribution in [1.82, 2.24) is 4.90 Å². The maximum Gasteiger partial charge on any atom is 0.226 e. The summed E-state index contributed by atoms with van der Waals surface area (Å²) in [6.07, 6.45) is 2.99. The number of phenols is 1. The van der Waals surface area contributed by atoms with Crippen molar-refractivity contribution in [2.75, 3.05) is 7.11 Å². The number of hydrogen-bond donors (Lipinski definition) is 1. The zero-order chi connectivity index (χ0) is 13.4. The third-order valence-corrected chi connectivity index (χ3v) is 4.29. The molecule has 0 spiro atoms. The summed E-state index contributed by atoms with van der Waals surface area (Å²) in [7, 11) is 1.71. The van der Waals surface area contributed by atoms with Crippen molar-refractivity contribution >= 4 is 5.91 Å². The fourth-order valence-electron chi connectivity index (χ4n) is 3.17. The molecule has 1 aliphatic carbocycles.